The standard InChI is InChI=1S/C16H14ClN3/c1-11-7-5-6-10-13(11)15-18-14(19-16(17)20-15)12-8-3-2-4-9-12/h2-11,13H,1H3. The molecule has 3 rings (SSSR count). The molecule has 0 bridgehead atoms. The molecule has 4 heteroatoms. The molecule has 3 nitrogen and oxygen atoms in total. The van der Waals surface area contributed by atoms with Crippen molar-refractivity contribution in [3.05, 3.63) is 65.7 Å². The second kappa shape index (κ2) is 5.55. The highest BCUT2D eigenvalue weighted by atomic mass is 35.5. The summed E-state index contributed by atoms with van der Waals surface area (Å²) in [5.41, 5.74) is 0.945. The van der Waals surface area contributed by atoms with Gasteiger partial charge in [-0.1, -0.05) is 61.6 Å². The maximum absolute atomic E-state index is 6.06. The average molecular weight is 284 g/mol. The van der Waals surface area contributed by atoms with E-state index in [0.29, 0.717) is 11.7 Å². The fourth-order valence-corrected chi connectivity index (χ4v) is 2.44. The lowest BCUT2D eigenvalue weighted by molar-refractivity contribution is 0.599. The van der Waals surface area contributed by atoms with E-state index < -0.39 is 0 Å². The highest BCUT2D eigenvalue weighted by molar-refractivity contribution is 6.28. The van der Waals surface area contributed by atoms with E-state index in [4.69, 9.17) is 11.6 Å². The Kier molecular flexibility index (Phi) is 3.61. The summed E-state index contributed by atoms with van der Waals surface area (Å²) in [6.45, 7) is 2.14. The molecule has 2 aromatic rings. The maximum atomic E-state index is 6.06. The molecule has 0 saturated carbocycles. The minimum absolute atomic E-state index is 0.142. The Morgan fingerprint density at radius 3 is 2.45 bits per heavy atom. The van der Waals surface area contributed by atoms with Crippen LogP contribution in [0.4, 0.5) is 0 Å². The van der Waals surface area contributed by atoms with Crippen molar-refractivity contribution in [2.45, 2.75) is 12.8 Å². The van der Waals surface area contributed by atoms with Gasteiger partial charge in [-0.3, -0.25) is 0 Å². The van der Waals surface area contributed by atoms with Gasteiger partial charge in [0.25, 0.3) is 0 Å². The largest absolute Gasteiger partial charge is 0.226 e. The van der Waals surface area contributed by atoms with E-state index in [-0.39, 0.29) is 11.2 Å². The fourth-order valence-electron chi connectivity index (χ4n) is 2.27. The second-order valence-electron chi connectivity index (χ2n) is 4.81. The summed E-state index contributed by atoms with van der Waals surface area (Å²) in [7, 11) is 0. The van der Waals surface area contributed by atoms with Crippen LogP contribution in [0.3, 0.4) is 0 Å². The van der Waals surface area contributed by atoms with E-state index in [0.717, 1.165) is 11.4 Å². The Morgan fingerprint density at radius 2 is 1.70 bits per heavy atom. The number of aromatic nitrogens is 3. The van der Waals surface area contributed by atoms with Crippen molar-refractivity contribution in [2.75, 3.05) is 0 Å². The van der Waals surface area contributed by atoms with Crippen LogP contribution in [0.5, 0.6) is 0 Å². The number of hydrogen-bond donors (Lipinski definition) is 0. The molecule has 0 amide bonds. The van der Waals surface area contributed by atoms with Crippen molar-refractivity contribution in [1.29, 1.82) is 0 Å². The van der Waals surface area contributed by atoms with Gasteiger partial charge in [-0.05, 0) is 17.5 Å². The first kappa shape index (κ1) is 13.0. The van der Waals surface area contributed by atoms with Crippen molar-refractivity contribution in [1.82, 2.24) is 15.0 Å². The molecule has 1 aliphatic carbocycles. The van der Waals surface area contributed by atoms with Crippen molar-refractivity contribution in [3.8, 4) is 11.4 Å². The molecule has 0 saturated heterocycles. The Bertz CT molecular complexity index is 665. The number of benzene rings is 1. The zero-order valence-corrected chi connectivity index (χ0v) is 11.8. The third-order valence-electron chi connectivity index (χ3n) is 3.37. The lowest BCUT2D eigenvalue weighted by Crippen LogP contribution is -2.12. The van der Waals surface area contributed by atoms with Crippen molar-refractivity contribution < 1.29 is 0 Å². The number of hydrogen-bond acceptors (Lipinski definition) is 3. The monoisotopic (exact) mass is 283 g/mol. The third kappa shape index (κ3) is 2.63. The van der Waals surface area contributed by atoms with Crippen molar-refractivity contribution >= 4 is 11.6 Å². The van der Waals surface area contributed by atoms with Gasteiger partial charge in [0, 0.05) is 11.5 Å². The number of rotatable bonds is 2. The van der Waals surface area contributed by atoms with Gasteiger partial charge < -0.3 is 0 Å². The topological polar surface area (TPSA) is 38.7 Å². The molecule has 0 fully saturated rings. The molecule has 100 valence electrons. The molecular formula is C16H14ClN3. The van der Waals surface area contributed by atoms with Crippen LogP contribution in [0, 0.1) is 5.92 Å². The van der Waals surface area contributed by atoms with Gasteiger partial charge in [0.05, 0.1) is 0 Å². The summed E-state index contributed by atoms with van der Waals surface area (Å²) >= 11 is 6.06. The van der Waals surface area contributed by atoms with E-state index in [2.05, 4.69) is 34.0 Å². The number of halogens is 1. The van der Waals surface area contributed by atoms with E-state index in [1.54, 1.807) is 0 Å². The maximum Gasteiger partial charge on any atom is 0.226 e. The Labute approximate surface area is 123 Å². The molecule has 0 N–H and O–H groups in total. The first-order valence-electron chi connectivity index (χ1n) is 6.56. The summed E-state index contributed by atoms with van der Waals surface area (Å²) < 4.78 is 0. The minimum atomic E-state index is 0.142. The van der Waals surface area contributed by atoms with Crippen LogP contribution in [0.15, 0.2) is 54.6 Å². The van der Waals surface area contributed by atoms with Crippen LogP contribution < -0.4 is 0 Å². The quantitative estimate of drug-likeness (QED) is 0.835. The van der Waals surface area contributed by atoms with Crippen LogP contribution in [0.25, 0.3) is 11.4 Å². The molecule has 0 radical (unpaired) electrons. The molecule has 1 aliphatic rings. The third-order valence-corrected chi connectivity index (χ3v) is 3.54. The van der Waals surface area contributed by atoms with Crippen LogP contribution in [-0.4, -0.2) is 15.0 Å². The smallest absolute Gasteiger partial charge is 0.212 e. The first-order chi connectivity index (χ1) is 9.74. The lowest BCUT2D eigenvalue weighted by Gasteiger charge is -2.19. The number of allylic oxidation sites excluding steroid dienone is 4. The van der Waals surface area contributed by atoms with Crippen LogP contribution in [0.1, 0.15) is 18.7 Å². The minimum Gasteiger partial charge on any atom is -0.212 e. The van der Waals surface area contributed by atoms with Crippen LogP contribution in [-0.2, 0) is 0 Å². The Morgan fingerprint density at radius 1 is 0.950 bits per heavy atom. The van der Waals surface area contributed by atoms with Crippen LogP contribution in [0.2, 0.25) is 5.28 Å². The molecule has 1 heterocycles. The van der Waals surface area contributed by atoms with Crippen LogP contribution >= 0.6 is 11.6 Å². The highest BCUT2D eigenvalue weighted by Gasteiger charge is 2.21. The predicted molar refractivity (Wildman–Crippen MR) is 80.5 cm³/mol. The normalized spacial score (nSPS) is 21.1. The summed E-state index contributed by atoms with van der Waals surface area (Å²) in [5.74, 6) is 1.83. The lowest BCUT2D eigenvalue weighted by atomic mass is 9.89. The summed E-state index contributed by atoms with van der Waals surface area (Å²) in [6.07, 6.45) is 8.31. The molecule has 0 aliphatic heterocycles. The summed E-state index contributed by atoms with van der Waals surface area (Å²) in [5, 5.41) is 0.240. The molecule has 1 aromatic carbocycles. The molecule has 0 spiro atoms. The van der Waals surface area contributed by atoms with Gasteiger partial charge in [0.1, 0.15) is 5.82 Å². The van der Waals surface area contributed by atoms with E-state index in [1.165, 1.54) is 0 Å². The summed E-state index contributed by atoms with van der Waals surface area (Å²) in [6, 6.07) is 9.81. The second-order valence-corrected chi connectivity index (χ2v) is 5.15. The Balaban J connectivity index is 2.03. The van der Waals surface area contributed by atoms with Gasteiger partial charge in [0.15, 0.2) is 5.82 Å². The van der Waals surface area contributed by atoms with Gasteiger partial charge in [0.2, 0.25) is 5.28 Å². The van der Waals surface area contributed by atoms with Gasteiger partial charge in [-0.2, -0.15) is 4.98 Å². The Hall–Kier alpha value is -2.00. The van der Waals surface area contributed by atoms with E-state index in [1.807, 2.05) is 42.5 Å². The SMILES string of the molecule is CC1C=CC=CC1c1nc(Cl)nc(-c2ccccc2)n1. The molecule has 2 atom stereocenters. The van der Waals surface area contributed by atoms with E-state index in [9.17, 15) is 0 Å². The van der Waals surface area contributed by atoms with Gasteiger partial charge >= 0.3 is 0 Å². The zero-order chi connectivity index (χ0) is 13.9. The predicted octanol–water partition coefficient (Wildman–Crippen LogP) is 4.04. The fraction of sp³-hybridized carbons (Fsp3) is 0.188. The summed E-state index contributed by atoms with van der Waals surface area (Å²) in [4.78, 5) is 13.1. The van der Waals surface area contributed by atoms with Crippen molar-refractivity contribution in [3.63, 3.8) is 0 Å². The molecule has 2 unspecified atom stereocenters. The van der Waals surface area contributed by atoms with Gasteiger partial charge in [-0.25, -0.2) is 9.97 Å². The molecular weight excluding hydrogens is 270 g/mol. The number of nitrogens with zero attached hydrogens (tertiary/aromatic N) is 3. The molecule has 20 heavy (non-hydrogen) atoms. The average Bonchev–Trinajstić information content (AvgIpc) is 2.48. The highest BCUT2D eigenvalue weighted by Crippen LogP contribution is 2.29. The first-order valence-corrected chi connectivity index (χ1v) is 6.94. The molecule has 1 aromatic heterocycles. The zero-order valence-electron chi connectivity index (χ0n) is 11.1. The van der Waals surface area contributed by atoms with E-state index >= 15 is 0 Å². The van der Waals surface area contributed by atoms with Crippen molar-refractivity contribution in [2.24, 2.45) is 5.92 Å². The van der Waals surface area contributed by atoms with Gasteiger partial charge in [-0.15, -0.1) is 0 Å².